The monoisotopic (exact) mass is 162 g/mol. The predicted molar refractivity (Wildman–Crippen MR) is 48.4 cm³/mol. The second-order valence-electron chi connectivity index (χ2n) is 2.69. The molecule has 2 aromatic rings. The highest BCUT2D eigenvalue weighted by Crippen LogP contribution is 2.18. The third kappa shape index (κ3) is 0.931. The Hall–Kier alpha value is -1.55. The number of fused-ring (bicyclic) bond motifs is 1. The number of nitrogen functional groups attached to an aromatic ring is 1. The number of hydrogen-bond acceptors (Lipinski definition) is 3. The molecule has 5 N–H and O–H groups in total. The van der Waals surface area contributed by atoms with Gasteiger partial charge in [0.1, 0.15) is 0 Å². The first-order valence-corrected chi connectivity index (χ1v) is 3.74. The second-order valence-corrected chi connectivity index (χ2v) is 2.69. The third-order valence-electron chi connectivity index (χ3n) is 1.89. The van der Waals surface area contributed by atoms with Crippen molar-refractivity contribution in [1.29, 1.82) is 0 Å². The summed E-state index contributed by atoms with van der Waals surface area (Å²) in [5, 5.41) is 7.65. The minimum absolute atomic E-state index is 0.528. The average molecular weight is 162 g/mol. The minimum Gasteiger partial charge on any atom is -0.382 e. The number of aromatic amines is 1. The molecule has 4 heteroatoms. The largest absolute Gasteiger partial charge is 0.382 e. The molecule has 0 saturated carbocycles. The van der Waals surface area contributed by atoms with Gasteiger partial charge >= 0.3 is 0 Å². The van der Waals surface area contributed by atoms with E-state index in [1.54, 1.807) is 0 Å². The van der Waals surface area contributed by atoms with Crippen molar-refractivity contribution in [2.75, 3.05) is 5.73 Å². The molecule has 0 fully saturated rings. The number of rotatable bonds is 1. The van der Waals surface area contributed by atoms with E-state index in [-0.39, 0.29) is 0 Å². The van der Waals surface area contributed by atoms with Gasteiger partial charge in [-0.25, -0.2) is 0 Å². The molecular weight excluding hydrogens is 152 g/mol. The smallest absolute Gasteiger partial charge is 0.153 e. The van der Waals surface area contributed by atoms with Crippen molar-refractivity contribution < 1.29 is 0 Å². The van der Waals surface area contributed by atoms with Gasteiger partial charge in [0.05, 0.1) is 5.52 Å². The molecule has 1 aromatic heterocycles. The van der Waals surface area contributed by atoms with Gasteiger partial charge in [0.25, 0.3) is 0 Å². The summed E-state index contributed by atoms with van der Waals surface area (Å²) in [5.74, 6) is 0.528. The first kappa shape index (κ1) is 7.12. The maximum atomic E-state index is 5.62. The van der Waals surface area contributed by atoms with E-state index in [0.29, 0.717) is 12.4 Å². The van der Waals surface area contributed by atoms with Crippen LogP contribution in [0.25, 0.3) is 10.9 Å². The first-order valence-electron chi connectivity index (χ1n) is 3.74. The summed E-state index contributed by atoms with van der Waals surface area (Å²) < 4.78 is 0. The Kier molecular flexibility index (Phi) is 1.48. The fourth-order valence-electron chi connectivity index (χ4n) is 1.21. The highest BCUT2D eigenvalue weighted by molar-refractivity contribution is 5.88. The third-order valence-corrected chi connectivity index (χ3v) is 1.89. The fourth-order valence-corrected chi connectivity index (χ4v) is 1.21. The second kappa shape index (κ2) is 2.49. The SMILES string of the molecule is NCc1ccc2[nH]nc(N)c2c1. The molecule has 4 nitrogen and oxygen atoms in total. The molecule has 1 aromatic carbocycles. The van der Waals surface area contributed by atoms with Crippen LogP contribution in [-0.4, -0.2) is 10.2 Å². The van der Waals surface area contributed by atoms with E-state index in [9.17, 15) is 0 Å². The highest BCUT2D eigenvalue weighted by Gasteiger charge is 2.01. The van der Waals surface area contributed by atoms with Crippen molar-refractivity contribution >= 4 is 16.7 Å². The molecule has 0 amide bonds. The molecule has 0 spiro atoms. The van der Waals surface area contributed by atoms with Gasteiger partial charge in [-0.3, -0.25) is 5.10 Å². The fraction of sp³-hybridized carbons (Fsp3) is 0.125. The van der Waals surface area contributed by atoms with Gasteiger partial charge in [-0.15, -0.1) is 0 Å². The van der Waals surface area contributed by atoms with E-state index < -0.39 is 0 Å². The number of nitrogens with two attached hydrogens (primary N) is 2. The highest BCUT2D eigenvalue weighted by atomic mass is 15.1. The zero-order chi connectivity index (χ0) is 8.55. The van der Waals surface area contributed by atoms with Crippen LogP contribution in [0.3, 0.4) is 0 Å². The Morgan fingerprint density at radius 1 is 1.42 bits per heavy atom. The van der Waals surface area contributed by atoms with Gasteiger partial charge in [-0.05, 0) is 17.7 Å². The molecule has 0 unspecified atom stereocenters. The van der Waals surface area contributed by atoms with Crippen LogP contribution in [0.2, 0.25) is 0 Å². The lowest BCUT2D eigenvalue weighted by atomic mass is 10.1. The lowest BCUT2D eigenvalue weighted by molar-refractivity contribution is 1.07. The lowest BCUT2D eigenvalue weighted by Crippen LogP contribution is -1.95. The van der Waals surface area contributed by atoms with E-state index in [4.69, 9.17) is 11.5 Å². The van der Waals surface area contributed by atoms with Crippen molar-refractivity contribution in [2.24, 2.45) is 5.73 Å². The van der Waals surface area contributed by atoms with Gasteiger partial charge in [0.15, 0.2) is 5.82 Å². The molecule has 0 bridgehead atoms. The van der Waals surface area contributed by atoms with E-state index in [0.717, 1.165) is 16.5 Å². The molecule has 0 aliphatic heterocycles. The van der Waals surface area contributed by atoms with E-state index in [2.05, 4.69) is 10.2 Å². The Labute approximate surface area is 69.6 Å². The molecule has 0 aliphatic rings. The quantitative estimate of drug-likeness (QED) is 0.574. The Morgan fingerprint density at radius 2 is 2.25 bits per heavy atom. The van der Waals surface area contributed by atoms with Crippen molar-refractivity contribution in [3.05, 3.63) is 23.8 Å². The zero-order valence-electron chi connectivity index (χ0n) is 6.54. The predicted octanol–water partition coefficient (Wildman–Crippen LogP) is 0.604. The molecule has 0 saturated heterocycles. The maximum Gasteiger partial charge on any atom is 0.153 e. The molecule has 0 radical (unpaired) electrons. The van der Waals surface area contributed by atoms with Crippen LogP contribution in [0.1, 0.15) is 5.56 Å². The standard InChI is InChI=1S/C8H10N4/c9-4-5-1-2-7-6(3-5)8(10)12-11-7/h1-3H,4,9H2,(H3,10,11,12). The van der Waals surface area contributed by atoms with Gasteiger partial charge in [0, 0.05) is 11.9 Å². The number of nitrogens with one attached hydrogen (secondary N) is 1. The Morgan fingerprint density at radius 3 is 3.00 bits per heavy atom. The lowest BCUT2D eigenvalue weighted by Gasteiger charge is -1.95. The summed E-state index contributed by atoms with van der Waals surface area (Å²) in [4.78, 5) is 0. The van der Waals surface area contributed by atoms with Crippen LogP contribution in [0.15, 0.2) is 18.2 Å². The van der Waals surface area contributed by atoms with Crippen LogP contribution in [-0.2, 0) is 6.54 Å². The molecular formula is C8H10N4. The molecule has 62 valence electrons. The number of nitrogens with zero attached hydrogens (tertiary/aromatic N) is 1. The molecule has 1 heterocycles. The minimum atomic E-state index is 0.528. The summed E-state index contributed by atoms with van der Waals surface area (Å²) in [6.45, 7) is 0.528. The summed E-state index contributed by atoms with van der Waals surface area (Å²) >= 11 is 0. The van der Waals surface area contributed by atoms with Crippen molar-refractivity contribution in [3.63, 3.8) is 0 Å². The summed E-state index contributed by atoms with van der Waals surface area (Å²) in [6, 6.07) is 5.84. The topological polar surface area (TPSA) is 80.7 Å². The summed E-state index contributed by atoms with van der Waals surface area (Å²) in [7, 11) is 0. The molecule has 2 rings (SSSR count). The Balaban J connectivity index is 2.71. The maximum absolute atomic E-state index is 5.62. The van der Waals surface area contributed by atoms with Gasteiger partial charge in [0.2, 0.25) is 0 Å². The molecule has 0 aliphatic carbocycles. The van der Waals surface area contributed by atoms with Crippen LogP contribution < -0.4 is 11.5 Å². The number of anilines is 1. The van der Waals surface area contributed by atoms with Gasteiger partial charge in [-0.1, -0.05) is 6.07 Å². The number of aromatic nitrogens is 2. The van der Waals surface area contributed by atoms with Gasteiger partial charge < -0.3 is 11.5 Å². The van der Waals surface area contributed by atoms with E-state index >= 15 is 0 Å². The molecule has 0 atom stereocenters. The van der Waals surface area contributed by atoms with Crippen molar-refractivity contribution in [1.82, 2.24) is 10.2 Å². The van der Waals surface area contributed by atoms with Gasteiger partial charge in [-0.2, -0.15) is 5.10 Å². The Bertz CT molecular complexity index is 404. The average Bonchev–Trinajstić information content (AvgIpc) is 2.47. The first-order chi connectivity index (χ1) is 5.81. The van der Waals surface area contributed by atoms with Crippen molar-refractivity contribution in [2.45, 2.75) is 6.54 Å². The summed E-state index contributed by atoms with van der Waals surface area (Å²) in [6.07, 6.45) is 0. The number of hydrogen-bond donors (Lipinski definition) is 3. The van der Waals surface area contributed by atoms with E-state index in [1.165, 1.54) is 0 Å². The normalized spacial score (nSPS) is 10.8. The number of benzene rings is 1. The summed E-state index contributed by atoms with van der Waals surface area (Å²) in [5.41, 5.74) is 13.1. The van der Waals surface area contributed by atoms with E-state index in [1.807, 2.05) is 18.2 Å². The van der Waals surface area contributed by atoms with Crippen LogP contribution in [0.5, 0.6) is 0 Å². The number of H-pyrrole nitrogens is 1. The zero-order valence-corrected chi connectivity index (χ0v) is 6.54. The van der Waals surface area contributed by atoms with Crippen LogP contribution in [0.4, 0.5) is 5.82 Å². The van der Waals surface area contributed by atoms with Crippen LogP contribution >= 0.6 is 0 Å². The van der Waals surface area contributed by atoms with Crippen molar-refractivity contribution in [3.8, 4) is 0 Å². The molecule has 12 heavy (non-hydrogen) atoms. The van der Waals surface area contributed by atoms with Crippen LogP contribution in [0, 0.1) is 0 Å².